The number of esters is 2. The molecule has 0 unspecified atom stereocenters. The third-order valence-corrected chi connectivity index (χ3v) is 2.56. The predicted octanol–water partition coefficient (Wildman–Crippen LogP) is 3.14. The molecule has 0 aromatic heterocycles. The molecule has 0 spiro atoms. The van der Waals surface area contributed by atoms with Gasteiger partial charge in [0, 0.05) is 0 Å². The average Bonchev–Trinajstić information content (AvgIpc) is 2.46. The van der Waals surface area contributed by atoms with Crippen LogP contribution in [0.2, 0.25) is 0 Å². The summed E-state index contributed by atoms with van der Waals surface area (Å²) in [5.74, 6) is -1.34. The Kier molecular flexibility index (Phi) is 6.95. The maximum atomic E-state index is 11.8. The van der Waals surface area contributed by atoms with Gasteiger partial charge in [0.1, 0.15) is 5.57 Å². The minimum absolute atomic E-state index is 0.0941. The van der Waals surface area contributed by atoms with Gasteiger partial charge in [0.25, 0.3) is 0 Å². The van der Waals surface area contributed by atoms with E-state index in [0.29, 0.717) is 0 Å². The molecule has 112 valence electrons. The lowest BCUT2D eigenvalue weighted by molar-refractivity contribution is -0.146. The molecule has 0 radical (unpaired) electrons. The van der Waals surface area contributed by atoms with E-state index in [2.05, 4.69) is 0 Å². The minimum atomic E-state index is -0.670. The lowest BCUT2D eigenvalue weighted by Gasteiger charge is -2.06. The third kappa shape index (κ3) is 5.65. The van der Waals surface area contributed by atoms with Gasteiger partial charge >= 0.3 is 11.9 Å². The Bertz CT molecular complexity index is 521. The largest absolute Gasteiger partial charge is 0.462 e. The summed E-state index contributed by atoms with van der Waals surface area (Å²) in [5, 5.41) is 0. The molecule has 0 amide bonds. The fourth-order valence-corrected chi connectivity index (χ4v) is 1.70. The number of rotatable bonds is 6. The summed E-state index contributed by atoms with van der Waals surface area (Å²) in [5.41, 5.74) is 1.65. The summed E-state index contributed by atoms with van der Waals surface area (Å²) in [4.78, 5) is 23.7. The minimum Gasteiger partial charge on any atom is -0.462 e. The maximum absolute atomic E-state index is 11.8. The lowest BCUT2D eigenvalue weighted by atomic mass is 10.1. The van der Waals surface area contributed by atoms with Crippen LogP contribution in [0.4, 0.5) is 0 Å². The number of carbonyl (C=O) groups is 2. The zero-order valence-electron chi connectivity index (χ0n) is 12.6. The summed E-state index contributed by atoms with van der Waals surface area (Å²) in [7, 11) is 0. The van der Waals surface area contributed by atoms with Crippen molar-refractivity contribution in [3.8, 4) is 0 Å². The molecule has 0 saturated carbocycles. The highest BCUT2D eigenvalue weighted by Gasteiger charge is 2.20. The van der Waals surface area contributed by atoms with Crippen molar-refractivity contribution < 1.29 is 19.1 Å². The van der Waals surface area contributed by atoms with Gasteiger partial charge in [-0.2, -0.15) is 0 Å². The molecule has 1 aromatic rings. The van der Waals surface area contributed by atoms with Gasteiger partial charge in [0.15, 0.2) is 0 Å². The number of carbonyl (C=O) groups excluding carboxylic acids is 2. The Morgan fingerprint density at radius 1 is 1.00 bits per heavy atom. The first-order chi connectivity index (χ1) is 10.1. The molecule has 0 aliphatic rings. The van der Waals surface area contributed by atoms with Crippen LogP contribution in [0.15, 0.2) is 47.6 Å². The number of hydrogen-bond acceptors (Lipinski definition) is 4. The van der Waals surface area contributed by atoms with Crippen molar-refractivity contribution in [3.05, 3.63) is 53.1 Å². The second kappa shape index (κ2) is 8.74. The van der Waals surface area contributed by atoms with E-state index in [0.717, 1.165) is 11.1 Å². The van der Waals surface area contributed by atoms with Crippen LogP contribution in [0.3, 0.4) is 0 Å². The Hall–Kier alpha value is -2.36. The topological polar surface area (TPSA) is 52.6 Å². The van der Waals surface area contributed by atoms with Crippen molar-refractivity contribution in [2.75, 3.05) is 13.2 Å². The van der Waals surface area contributed by atoms with Gasteiger partial charge in [-0.15, -0.1) is 0 Å². The standard InChI is InChI=1S/C17H20O4/c1-4-20-16(18)15(17(19)21-5-2)12-13(3)11-14-9-7-6-8-10-14/h6-12H,4-5H2,1-3H3. The van der Waals surface area contributed by atoms with E-state index in [9.17, 15) is 9.59 Å². The molecule has 0 aliphatic carbocycles. The van der Waals surface area contributed by atoms with Crippen LogP contribution >= 0.6 is 0 Å². The van der Waals surface area contributed by atoms with Gasteiger partial charge in [-0.25, -0.2) is 9.59 Å². The number of ether oxygens (including phenoxy) is 2. The van der Waals surface area contributed by atoms with Gasteiger partial charge in [-0.3, -0.25) is 0 Å². The zero-order chi connectivity index (χ0) is 15.7. The van der Waals surface area contributed by atoms with Crippen molar-refractivity contribution in [1.29, 1.82) is 0 Å². The van der Waals surface area contributed by atoms with Crippen LogP contribution in [-0.4, -0.2) is 25.2 Å². The summed E-state index contributed by atoms with van der Waals surface area (Å²) in [6.45, 7) is 5.60. The normalized spacial score (nSPS) is 10.7. The molecule has 0 atom stereocenters. The second-order valence-electron chi connectivity index (χ2n) is 4.30. The van der Waals surface area contributed by atoms with E-state index in [-0.39, 0.29) is 18.8 Å². The lowest BCUT2D eigenvalue weighted by Crippen LogP contribution is -2.18. The number of allylic oxidation sites excluding steroid dienone is 2. The molecule has 0 bridgehead atoms. The number of benzene rings is 1. The van der Waals surface area contributed by atoms with E-state index < -0.39 is 11.9 Å². The van der Waals surface area contributed by atoms with Gasteiger partial charge in [-0.05, 0) is 38.0 Å². The zero-order valence-corrected chi connectivity index (χ0v) is 12.6. The summed E-state index contributed by atoms with van der Waals surface area (Å²) in [6, 6.07) is 9.63. The van der Waals surface area contributed by atoms with Gasteiger partial charge in [-0.1, -0.05) is 36.4 Å². The Morgan fingerprint density at radius 3 is 2.00 bits per heavy atom. The molecule has 0 saturated heterocycles. The van der Waals surface area contributed by atoms with E-state index in [1.54, 1.807) is 13.8 Å². The molecule has 21 heavy (non-hydrogen) atoms. The van der Waals surface area contributed by atoms with E-state index in [1.807, 2.05) is 43.3 Å². The van der Waals surface area contributed by atoms with E-state index in [4.69, 9.17) is 9.47 Å². The molecule has 0 fully saturated rings. The van der Waals surface area contributed by atoms with E-state index in [1.165, 1.54) is 6.08 Å². The fraction of sp³-hybridized carbons (Fsp3) is 0.294. The molecule has 4 heteroatoms. The Labute approximate surface area is 125 Å². The highest BCUT2D eigenvalue weighted by atomic mass is 16.6. The molecular weight excluding hydrogens is 268 g/mol. The SMILES string of the molecule is CCOC(=O)C(=CC(C)=Cc1ccccc1)C(=O)OCC. The molecule has 0 heterocycles. The fourth-order valence-electron chi connectivity index (χ4n) is 1.70. The molecule has 0 N–H and O–H groups in total. The van der Waals surface area contributed by atoms with E-state index >= 15 is 0 Å². The average molecular weight is 288 g/mol. The molecule has 4 nitrogen and oxygen atoms in total. The van der Waals surface area contributed by atoms with Crippen molar-refractivity contribution in [2.24, 2.45) is 0 Å². The first-order valence-corrected chi connectivity index (χ1v) is 6.87. The van der Waals surface area contributed by atoms with Crippen molar-refractivity contribution >= 4 is 18.0 Å². The monoisotopic (exact) mass is 288 g/mol. The molecule has 1 aromatic carbocycles. The van der Waals surface area contributed by atoms with Crippen LogP contribution in [0.1, 0.15) is 26.3 Å². The molecule has 1 rings (SSSR count). The quantitative estimate of drug-likeness (QED) is 0.265. The van der Waals surface area contributed by atoms with Crippen molar-refractivity contribution in [2.45, 2.75) is 20.8 Å². The third-order valence-electron chi connectivity index (χ3n) is 2.56. The van der Waals surface area contributed by atoms with Crippen LogP contribution in [0.5, 0.6) is 0 Å². The van der Waals surface area contributed by atoms with Crippen molar-refractivity contribution in [3.63, 3.8) is 0 Å². The van der Waals surface area contributed by atoms with Gasteiger partial charge in [0.2, 0.25) is 0 Å². The van der Waals surface area contributed by atoms with Gasteiger partial charge < -0.3 is 9.47 Å². The highest BCUT2D eigenvalue weighted by molar-refractivity contribution is 6.14. The van der Waals surface area contributed by atoms with Crippen LogP contribution < -0.4 is 0 Å². The summed E-state index contributed by atoms with van der Waals surface area (Å²) in [6.07, 6.45) is 3.36. The van der Waals surface area contributed by atoms with Crippen LogP contribution in [-0.2, 0) is 19.1 Å². The molecule has 0 aliphatic heterocycles. The predicted molar refractivity (Wildman–Crippen MR) is 81.4 cm³/mol. The van der Waals surface area contributed by atoms with Crippen LogP contribution in [0.25, 0.3) is 6.08 Å². The first kappa shape index (κ1) is 16.7. The maximum Gasteiger partial charge on any atom is 0.345 e. The highest BCUT2D eigenvalue weighted by Crippen LogP contribution is 2.11. The Morgan fingerprint density at radius 2 is 1.52 bits per heavy atom. The summed E-state index contributed by atoms with van der Waals surface area (Å²) < 4.78 is 9.77. The van der Waals surface area contributed by atoms with Crippen LogP contribution in [0, 0.1) is 0 Å². The number of hydrogen-bond donors (Lipinski definition) is 0. The van der Waals surface area contributed by atoms with Gasteiger partial charge in [0.05, 0.1) is 13.2 Å². The molecular formula is C17H20O4. The first-order valence-electron chi connectivity index (χ1n) is 6.87. The second-order valence-corrected chi connectivity index (χ2v) is 4.30. The van der Waals surface area contributed by atoms with Crippen molar-refractivity contribution in [1.82, 2.24) is 0 Å². The smallest absolute Gasteiger partial charge is 0.345 e. The Balaban J connectivity index is 3.03. The summed E-state index contributed by atoms with van der Waals surface area (Å²) >= 11 is 0.